The molecule has 2 aromatic rings. The number of halogens is 1. The van der Waals surface area contributed by atoms with E-state index in [1.807, 2.05) is 18.2 Å². The van der Waals surface area contributed by atoms with E-state index in [1.165, 1.54) is 0 Å². The van der Waals surface area contributed by atoms with Crippen molar-refractivity contribution in [2.45, 2.75) is 19.3 Å². The van der Waals surface area contributed by atoms with Crippen molar-refractivity contribution < 1.29 is 4.79 Å². The first kappa shape index (κ1) is 14.4. The number of aromatic amines is 1. The number of imidazole rings is 1. The molecule has 1 aliphatic rings. The Hall–Kier alpha value is -1.59. The summed E-state index contributed by atoms with van der Waals surface area (Å²) >= 11 is 5.94. The maximum Gasteiger partial charge on any atom is 0.220 e. The summed E-state index contributed by atoms with van der Waals surface area (Å²) in [4.78, 5) is 19.5. The van der Waals surface area contributed by atoms with Crippen LogP contribution in [0.2, 0.25) is 5.02 Å². The number of rotatable bonds is 5. The van der Waals surface area contributed by atoms with Gasteiger partial charge in [-0.25, -0.2) is 4.98 Å². The minimum atomic E-state index is 0.128. The highest BCUT2D eigenvalue weighted by atomic mass is 35.5. The van der Waals surface area contributed by atoms with Gasteiger partial charge in [0.2, 0.25) is 5.91 Å². The number of hydrogen-bond donors (Lipinski definition) is 3. The Bertz CT molecular complexity index is 634. The fourth-order valence-electron chi connectivity index (χ4n) is 2.70. The van der Waals surface area contributed by atoms with Crippen LogP contribution in [0.4, 0.5) is 0 Å². The molecule has 2 heterocycles. The Morgan fingerprint density at radius 1 is 1.48 bits per heavy atom. The second-order valence-electron chi connectivity index (χ2n) is 5.51. The van der Waals surface area contributed by atoms with Gasteiger partial charge in [-0.1, -0.05) is 11.6 Å². The number of fused-ring (bicyclic) bond motifs is 1. The fourth-order valence-corrected chi connectivity index (χ4v) is 2.87. The maximum absolute atomic E-state index is 11.8. The van der Waals surface area contributed by atoms with Crippen molar-refractivity contribution in [1.29, 1.82) is 0 Å². The first-order valence-electron chi connectivity index (χ1n) is 7.32. The second kappa shape index (κ2) is 6.45. The molecule has 3 N–H and O–H groups in total. The molecule has 0 bridgehead atoms. The van der Waals surface area contributed by atoms with E-state index in [0.717, 1.165) is 36.4 Å². The predicted octanol–water partition coefficient (Wildman–Crippen LogP) is 1.87. The lowest BCUT2D eigenvalue weighted by Crippen LogP contribution is -2.28. The number of nitrogens with zero attached hydrogens (tertiary/aromatic N) is 1. The van der Waals surface area contributed by atoms with Gasteiger partial charge in [0.15, 0.2) is 0 Å². The lowest BCUT2D eigenvalue weighted by molar-refractivity contribution is -0.121. The molecular weight excluding hydrogens is 288 g/mol. The van der Waals surface area contributed by atoms with Crippen LogP contribution in [0, 0.1) is 5.92 Å². The largest absolute Gasteiger partial charge is 0.356 e. The Kier molecular flexibility index (Phi) is 4.41. The highest BCUT2D eigenvalue weighted by molar-refractivity contribution is 6.31. The molecule has 1 atom stereocenters. The number of amides is 1. The molecule has 0 aliphatic carbocycles. The zero-order valence-electron chi connectivity index (χ0n) is 11.8. The van der Waals surface area contributed by atoms with Crippen LogP contribution in [0.5, 0.6) is 0 Å². The van der Waals surface area contributed by atoms with Gasteiger partial charge in [0.25, 0.3) is 0 Å². The summed E-state index contributed by atoms with van der Waals surface area (Å²) in [5, 5.41) is 6.93. The van der Waals surface area contributed by atoms with Crippen LogP contribution >= 0.6 is 11.6 Å². The Morgan fingerprint density at radius 3 is 3.19 bits per heavy atom. The molecule has 1 amide bonds. The van der Waals surface area contributed by atoms with Crippen molar-refractivity contribution in [3.8, 4) is 0 Å². The van der Waals surface area contributed by atoms with Crippen molar-refractivity contribution in [1.82, 2.24) is 20.6 Å². The number of nitrogens with one attached hydrogen (secondary N) is 3. The van der Waals surface area contributed by atoms with E-state index in [-0.39, 0.29) is 5.91 Å². The fraction of sp³-hybridized carbons (Fsp3) is 0.467. The van der Waals surface area contributed by atoms with Gasteiger partial charge in [-0.15, -0.1) is 0 Å². The van der Waals surface area contributed by atoms with Gasteiger partial charge in [0.05, 0.1) is 11.0 Å². The first-order chi connectivity index (χ1) is 10.2. The highest BCUT2D eigenvalue weighted by Gasteiger charge is 2.17. The first-order valence-corrected chi connectivity index (χ1v) is 7.70. The third-order valence-corrected chi connectivity index (χ3v) is 4.05. The number of H-pyrrole nitrogens is 1. The number of benzene rings is 1. The lowest BCUT2D eigenvalue weighted by Gasteiger charge is -2.08. The quantitative estimate of drug-likeness (QED) is 0.790. The van der Waals surface area contributed by atoms with Gasteiger partial charge in [0, 0.05) is 24.4 Å². The van der Waals surface area contributed by atoms with Gasteiger partial charge in [-0.2, -0.15) is 0 Å². The smallest absolute Gasteiger partial charge is 0.220 e. The summed E-state index contributed by atoms with van der Waals surface area (Å²) in [5.74, 6) is 1.48. The third-order valence-electron chi connectivity index (χ3n) is 3.81. The van der Waals surface area contributed by atoms with Crippen LogP contribution in [-0.4, -0.2) is 35.5 Å². The summed E-state index contributed by atoms with van der Waals surface area (Å²) in [5.41, 5.74) is 1.83. The molecule has 112 valence electrons. The summed E-state index contributed by atoms with van der Waals surface area (Å²) < 4.78 is 0. The number of aromatic nitrogens is 2. The summed E-state index contributed by atoms with van der Waals surface area (Å²) in [7, 11) is 0. The van der Waals surface area contributed by atoms with E-state index in [4.69, 9.17) is 11.6 Å². The molecule has 1 fully saturated rings. The number of carbonyl (C=O) groups excluding carboxylic acids is 1. The molecule has 0 unspecified atom stereocenters. The number of hydrogen-bond acceptors (Lipinski definition) is 3. The zero-order chi connectivity index (χ0) is 14.7. The van der Waals surface area contributed by atoms with Crippen LogP contribution in [0.3, 0.4) is 0 Å². The third kappa shape index (κ3) is 3.74. The van der Waals surface area contributed by atoms with Gasteiger partial charge in [0.1, 0.15) is 5.82 Å². The Balaban J connectivity index is 1.48. The summed E-state index contributed by atoms with van der Waals surface area (Å²) in [6, 6.07) is 5.58. The van der Waals surface area contributed by atoms with E-state index in [9.17, 15) is 4.79 Å². The van der Waals surface area contributed by atoms with Crippen LogP contribution in [0.15, 0.2) is 18.2 Å². The Morgan fingerprint density at radius 2 is 2.38 bits per heavy atom. The SMILES string of the molecule is O=C(C[C@@H]1CCNC1)NCCc1nc2ccc(Cl)cc2[nH]1. The van der Waals surface area contributed by atoms with Crippen molar-refractivity contribution >= 4 is 28.5 Å². The standard InChI is InChI=1S/C15H19ClN4O/c16-11-1-2-12-13(8-11)20-14(19-12)4-6-18-15(21)7-10-3-5-17-9-10/h1-2,8,10,17H,3-7,9H2,(H,18,21)(H,19,20)/t10-/m0/s1. The summed E-state index contributed by atoms with van der Waals surface area (Å²) in [6.45, 7) is 2.59. The molecule has 3 rings (SSSR count). The van der Waals surface area contributed by atoms with Crippen molar-refractivity contribution in [2.75, 3.05) is 19.6 Å². The van der Waals surface area contributed by atoms with E-state index >= 15 is 0 Å². The molecule has 5 nitrogen and oxygen atoms in total. The monoisotopic (exact) mass is 306 g/mol. The average molecular weight is 307 g/mol. The second-order valence-corrected chi connectivity index (χ2v) is 5.94. The van der Waals surface area contributed by atoms with Crippen LogP contribution < -0.4 is 10.6 Å². The molecule has 6 heteroatoms. The minimum absolute atomic E-state index is 0.128. The van der Waals surface area contributed by atoms with Crippen LogP contribution in [0.25, 0.3) is 11.0 Å². The van der Waals surface area contributed by atoms with Crippen LogP contribution in [-0.2, 0) is 11.2 Å². The topological polar surface area (TPSA) is 69.8 Å². The average Bonchev–Trinajstić information content (AvgIpc) is 3.07. The molecule has 1 aromatic heterocycles. The normalized spacial score (nSPS) is 18.2. The molecule has 1 aromatic carbocycles. The van der Waals surface area contributed by atoms with Crippen molar-refractivity contribution in [3.63, 3.8) is 0 Å². The summed E-state index contributed by atoms with van der Waals surface area (Å²) in [6.07, 6.45) is 2.40. The number of carbonyl (C=O) groups is 1. The molecule has 0 saturated carbocycles. The molecule has 0 radical (unpaired) electrons. The van der Waals surface area contributed by atoms with Crippen LogP contribution in [0.1, 0.15) is 18.7 Å². The van der Waals surface area contributed by atoms with E-state index in [2.05, 4.69) is 20.6 Å². The highest BCUT2D eigenvalue weighted by Crippen LogP contribution is 2.17. The Labute approximate surface area is 128 Å². The molecule has 1 aliphatic heterocycles. The van der Waals surface area contributed by atoms with Gasteiger partial charge in [-0.05, 0) is 43.6 Å². The van der Waals surface area contributed by atoms with Gasteiger partial charge in [-0.3, -0.25) is 4.79 Å². The van der Waals surface area contributed by atoms with E-state index < -0.39 is 0 Å². The zero-order valence-corrected chi connectivity index (χ0v) is 12.5. The van der Waals surface area contributed by atoms with Gasteiger partial charge >= 0.3 is 0 Å². The van der Waals surface area contributed by atoms with Crippen molar-refractivity contribution in [2.24, 2.45) is 5.92 Å². The van der Waals surface area contributed by atoms with Crippen molar-refractivity contribution in [3.05, 3.63) is 29.0 Å². The molecule has 21 heavy (non-hydrogen) atoms. The lowest BCUT2D eigenvalue weighted by atomic mass is 10.0. The minimum Gasteiger partial charge on any atom is -0.356 e. The molecule has 1 saturated heterocycles. The van der Waals surface area contributed by atoms with E-state index in [1.54, 1.807) is 0 Å². The predicted molar refractivity (Wildman–Crippen MR) is 83.4 cm³/mol. The molecule has 0 spiro atoms. The van der Waals surface area contributed by atoms with E-state index in [0.29, 0.717) is 30.3 Å². The molecular formula is C15H19ClN4O. The maximum atomic E-state index is 11.8. The van der Waals surface area contributed by atoms with Gasteiger partial charge < -0.3 is 15.6 Å².